The molecule has 0 fully saturated rings. The van der Waals surface area contributed by atoms with Gasteiger partial charge in [0.25, 0.3) is 5.56 Å². The molecule has 0 radical (unpaired) electrons. The van der Waals surface area contributed by atoms with Crippen molar-refractivity contribution in [2.45, 2.75) is 13.5 Å². The molecular formula is C12H12IN3O2. The van der Waals surface area contributed by atoms with Gasteiger partial charge in [-0.1, -0.05) is 0 Å². The van der Waals surface area contributed by atoms with Gasteiger partial charge in [-0.15, -0.1) is 0 Å². The molecule has 0 saturated carbocycles. The van der Waals surface area contributed by atoms with Crippen molar-refractivity contribution in [1.29, 1.82) is 0 Å². The van der Waals surface area contributed by atoms with Crippen molar-refractivity contribution in [3.8, 4) is 5.75 Å². The van der Waals surface area contributed by atoms with Crippen LogP contribution < -0.4 is 10.3 Å². The zero-order valence-electron chi connectivity index (χ0n) is 10.1. The lowest BCUT2D eigenvalue weighted by atomic mass is 10.3. The predicted octanol–water partition coefficient (Wildman–Crippen LogP) is 1.61. The quantitative estimate of drug-likeness (QED) is 0.784. The Labute approximate surface area is 118 Å². The number of rotatable bonds is 3. The van der Waals surface area contributed by atoms with Gasteiger partial charge in [-0.05, 0) is 29.5 Å². The van der Waals surface area contributed by atoms with Crippen LogP contribution in [0, 0.1) is 10.5 Å². The number of methoxy groups -OCH3 is 1. The van der Waals surface area contributed by atoms with Crippen LogP contribution in [-0.4, -0.2) is 21.6 Å². The second-order valence-electron chi connectivity index (χ2n) is 3.81. The fourth-order valence-electron chi connectivity index (χ4n) is 1.61. The highest BCUT2D eigenvalue weighted by atomic mass is 127. The lowest BCUT2D eigenvalue weighted by Crippen LogP contribution is -2.23. The van der Waals surface area contributed by atoms with Gasteiger partial charge in [-0.25, -0.2) is 4.98 Å². The molecule has 0 amide bonds. The molecular weight excluding hydrogens is 345 g/mol. The van der Waals surface area contributed by atoms with E-state index in [1.165, 1.54) is 10.9 Å². The van der Waals surface area contributed by atoms with E-state index in [0.29, 0.717) is 10.1 Å². The minimum Gasteiger partial charge on any atom is -0.497 e. The van der Waals surface area contributed by atoms with Crippen LogP contribution in [0.25, 0.3) is 0 Å². The first-order valence-electron chi connectivity index (χ1n) is 5.31. The van der Waals surface area contributed by atoms with Gasteiger partial charge >= 0.3 is 0 Å². The number of nitrogens with zero attached hydrogens (tertiary/aromatic N) is 3. The van der Waals surface area contributed by atoms with E-state index in [9.17, 15) is 4.79 Å². The fraction of sp³-hybridized carbons (Fsp3) is 0.250. The Morgan fingerprint density at radius 2 is 2.22 bits per heavy atom. The van der Waals surface area contributed by atoms with Crippen LogP contribution in [-0.2, 0) is 6.54 Å². The first-order valence-corrected chi connectivity index (χ1v) is 6.39. The Morgan fingerprint density at radius 1 is 1.44 bits per heavy atom. The summed E-state index contributed by atoms with van der Waals surface area (Å²) in [5.41, 5.74) is 1.57. The van der Waals surface area contributed by atoms with Gasteiger partial charge in [0.1, 0.15) is 5.75 Å². The summed E-state index contributed by atoms with van der Waals surface area (Å²) < 4.78 is 7.31. The van der Waals surface area contributed by atoms with E-state index in [4.69, 9.17) is 4.74 Å². The Morgan fingerprint density at radius 3 is 2.94 bits per heavy atom. The van der Waals surface area contributed by atoms with Crippen LogP contribution >= 0.6 is 22.6 Å². The molecule has 2 heterocycles. The summed E-state index contributed by atoms with van der Waals surface area (Å²) in [6.07, 6.45) is 3.06. The third-order valence-electron chi connectivity index (χ3n) is 2.41. The molecule has 0 spiro atoms. The van der Waals surface area contributed by atoms with E-state index < -0.39 is 0 Å². The largest absolute Gasteiger partial charge is 0.497 e. The van der Waals surface area contributed by atoms with E-state index in [2.05, 4.69) is 9.97 Å². The zero-order valence-corrected chi connectivity index (χ0v) is 12.2. The molecule has 0 aliphatic heterocycles. The highest BCUT2D eigenvalue weighted by Crippen LogP contribution is 2.13. The molecule has 6 heteroatoms. The number of ether oxygens (including phenoxy) is 1. The summed E-state index contributed by atoms with van der Waals surface area (Å²) in [6, 6.07) is 3.67. The first kappa shape index (κ1) is 13.0. The maximum Gasteiger partial charge on any atom is 0.267 e. The van der Waals surface area contributed by atoms with Gasteiger partial charge in [-0.2, -0.15) is 0 Å². The van der Waals surface area contributed by atoms with Crippen LogP contribution in [0.5, 0.6) is 5.75 Å². The molecule has 18 heavy (non-hydrogen) atoms. The van der Waals surface area contributed by atoms with Crippen molar-refractivity contribution in [2.24, 2.45) is 0 Å². The number of hydrogen-bond donors (Lipinski definition) is 0. The molecule has 0 unspecified atom stereocenters. The van der Waals surface area contributed by atoms with Crippen molar-refractivity contribution in [2.75, 3.05) is 7.11 Å². The first-order chi connectivity index (χ1) is 8.60. The lowest BCUT2D eigenvalue weighted by molar-refractivity contribution is 0.412. The Hall–Kier alpha value is -1.44. The second-order valence-corrected chi connectivity index (χ2v) is 4.98. The molecule has 0 aromatic carbocycles. The third kappa shape index (κ3) is 2.87. The van der Waals surface area contributed by atoms with Gasteiger partial charge in [0.15, 0.2) is 0 Å². The number of pyridine rings is 1. The minimum absolute atomic E-state index is 0.0622. The molecule has 0 saturated heterocycles. The van der Waals surface area contributed by atoms with E-state index in [1.807, 2.05) is 41.6 Å². The van der Waals surface area contributed by atoms with Gasteiger partial charge in [-0.3, -0.25) is 14.3 Å². The summed E-state index contributed by atoms with van der Waals surface area (Å²) >= 11 is 1.97. The molecule has 0 atom stereocenters. The third-order valence-corrected chi connectivity index (χ3v) is 3.15. The van der Waals surface area contributed by atoms with Gasteiger partial charge in [0.2, 0.25) is 0 Å². The van der Waals surface area contributed by atoms with Gasteiger partial charge in [0, 0.05) is 24.0 Å². The van der Waals surface area contributed by atoms with Gasteiger partial charge in [0.05, 0.1) is 29.2 Å². The average Bonchev–Trinajstić information content (AvgIpc) is 2.34. The van der Waals surface area contributed by atoms with Crippen molar-refractivity contribution in [3.63, 3.8) is 0 Å². The summed E-state index contributed by atoms with van der Waals surface area (Å²) in [7, 11) is 1.61. The van der Waals surface area contributed by atoms with Crippen LogP contribution in [0.4, 0.5) is 0 Å². The maximum atomic E-state index is 11.9. The van der Waals surface area contributed by atoms with E-state index in [0.717, 1.165) is 17.1 Å². The molecule has 0 N–H and O–H groups in total. The lowest BCUT2D eigenvalue weighted by Gasteiger charge is -2.08. The van der Waals surface area contributed by atoms with Crippen molar-refractivity contribution in [1.82, 2.24) is 14.5 Å². The van der Waals surface area contributed by atoms with Gasteiger partial charge < -0.3 is 4.74 Å². The van der Waals surface area contributed by atoms with Crippen LogP contribution in [0.3, 0.4) is 0 Å². The van der Waals surface area contributed by atoms with Crippen molar-refractivity contribution in [3.05, 3.63) is 50.0 Å². The highest BCUT2D eigenvalue weighted by molar-refractivity contribution is 14.1. The number of aromatic nitrogens is 3. The zero-order chi connectivity index (χ0) is 13.1. The van der Waals surface area contributed by atoms with E-state index >= 15 is 0 Å². The molecule has 2 aromatic rings. The minimum atomic E-state index is -0.0622. The van der Waals surface area contributed by atoms with E-state index in [1.54, 1.807) is 13.3 Å². The fourth-order valence-corrected chi connectivity index (χ4v) is 2.08. The Kier molecular flexibility index (Phi) is 3.95. The van der Waals surface area contributed by atoms with Crippen LogP contribution in [0.2, 0.25) is 0 Å². The standard InChI is InChI=1S/C12H12IN3O2/c1-8-3-10(18-2)4-9(15-8)6-16-7-14-5-11(13)12(16)17/h3-5,7H,6H2,1-2H3. The summed E-state index contributed by atoms with van der Waals surface area (Å²) in [4.78, 5) is 20.2. The number of halogens is 1. The SMILES string of the molecule is COc1cc(C)nc(Cn2cncc(I)c2=O)c1. The number of hydrogen-bond acceptors (Lipinski definition) is 4. The molecule has 0 aliphatic rings. The monoisotopic (exact) mass is 357 g/mol. The van der Waals surface area contributed by atoms with E-state index in [-0.39, 0.29) is 5.56 Å². The highest BCUT2D eigenvalue weighted by Gasteiger charge is 2.05. The molecule has 94 valence electrons. The molecule has 0 aliphatic carbocycles. The molecule has 5 nitrogen and oxygen atoms in total. The normalized spacial score (nSPS) is 10.4. The number of aryl methyl sites for hydroxylation is 1. The smallest absolute Gasteiger partial charge is 0.267 e. The molecule has 2 rings (SSSR count). The summed E-state index contributed by atoms with van der Waals surface area (Å²) in [5, 5.41) is 0. The second kappa shape index (κ2) is 5.47. The summed E-state index contributed by atoms with van der Waals surface area (Å²) in [5.74, 6) is 0.740. The average molecular weight is 357 g/mol. The Bertz CT molecular complexity index is 625. The Balaban J connectivity index is 2.37. The van der Waals surface area contributed by atoms with Crippen molar-refractivity contribution >= 4 is 22.6 Å². The van der Waals surface area contributed by atoms with Crippen LogP contribution in [0.1, 0.15) is 11.4 Å². The predicted molar refractivity (Wildman–Crippen MR) is 75.8 cm³/mol. The molecule has 2 aromatic heterocycles. The molecule has 0 bridgehead atoms. The van der Waals surface area contributed by atoms with Crippen LogP contribution in [0.15, 0.2) is 29.5 Å². The maximum absolute atomic E-state index is 11.9. The van der Waals surface area contributed by atoms with Crippen molar-refractivity contribution < 1.29 is 4.74 Å². The topological polar surface area (TPSA) is 57.0 Å². The summed E-state index contributed by atoms with van der Waals surface area (Å²) in [6.45, 7) is 2.28.